The van der Waals surface area contributed by atoms with Crippen LogP contribution < -0.4 is 15.6 Å². The third-order valence-corrected chi connectivity index (χ3v) is 3.37. The van der Waals surface area contributed by atoms with E-state index < -0.39 is 0 Å². The average molecular weight is 323 g/mol. The molecule has 0 aromatic heterocycles. The second kappa shape index (κ2) is 6.45. The van der Waals surface area contributed by atoms with Crippen molar-refractivity contribution in [2.75, 3.05) is 12.5 Å². The van der Waals surface area contributed by atoms with Gasteiger partial charge in [0, 0.05) is 16.7 Å². The topological polar surface area (TPSA) is 53.5 Å². The van der Waals surface area contributed by atoms with Crippen molar-refractivity contribution in [1.82, 2.24) is 5.43 Å². The maximum Gasteiger partial charge on any atom is 0.161 e. The minimum atomic E-state index is 0.127. The number of nitrogens with one attached hydrogen (secondary N) is 2. The molecular weight excluding hydrogens is 308 g/mol. The summed E-state index contributed by atoms with van der Waals surface area (Å²) in [6, 6.07) is 13.2. The Kier molecular flexibility index (Phi) is 4.65. The molecule has 0 spiro atoms. The highest BCUT2D eigenvalue weighted by Gasteiger charge is 2.07. The zero-order chi connectivity index (χ0) is 13.7. The number of para-hydroxylation sites is 1. The van der Waals surface area contributed by atoms with Crippen molar-refractivity contribution in [3.05, 3.63) is 52.5 Å². The highest BCUT2D eigenvalue weighted by molar-refractivity contribution is 9.10. The van der Waals surface area contributed by atoms with Gasteiger partial charge in [-0.3, -0.25) is 0 Å². The molecule has 0 aliphatic heterocycles. The molecule has 100 valence electrons. The van der Waals surface area contributed by atoms with E-state index in [4.69, 9.17) is 4.74 Å². The van der Waals surface area contributed by atoms with Crippen LogP contribution >= 0.6 is 15.9 Å². The molecule has 0 unspecified atom stereocenters. The molecule has 3 N–H and O–H groups in total. The molecule has 0 atom stereocenters. The number of hydrogen-bond donors (Lipinski definition) is 3. The molecule has 0 radical (unpaired) electrons. The Labute approximate surface area is 120 Å². The lowest BCUT2D eigenvalue weighted by Crippen LogP contribution is -2.21. The van der Waals surface area contributed by atoms with Gasteiger partial charge in [-0.1, -0.05) is 34.1 Å². The quantitative estimate of drug-likeness (QED) is 0.739. The van der Waals surface area contributed by atoms with E-state index in [0.717, 1.165) is 15.7 Å². The van der Waals surface area contributed by atoms with Gasteiger partial charge in [-0.15, -0.1) is 0 Å². The summed E-state index contributed by atoms with van der Waals surface area (Å²) in [7, 11) is 1.52. The molecule has 2 aromatic carbocycles. The summed E-state index contributed by atoms with van der Waals surface area (Å²) in [6.07, 6.45) is 0. The molecular formula is C14H15BrN2O2. The average Bonchev–Trinajstić information content (AvgIpc) is 2.43. The molecule has 5 heteroatoms. The zero-order valence-corrected chi connectivity index (χ0v) is 12.1. The van der Waals surface area contributed by atoms with Crippen LogP contribution in [0.5, 0.6) is 11.5 Å². The van der Waals surface area contributed by atoms with Crippen molar-refractivity contribution in [1.29, 1.82) is 0 Å². The van der Waals surface area contributed by atoms with E-state index in [-0.39, 0.29) is 5.75 Å². The molecule has 0 fully saturated rings. The van der Waals surface area contributed by atoms with Crippen molar-refractivity contribution in [3.63, 3.8) is 0 Å². The van der Waals surface area contributed by atoms with Crippen LogP contribution in [0.4, 0.5) is 5.69 Å². The lowest BCUT2D eigenvalue weighted by molar-refractivity contribution is 0.372. The molecule has 0 aliphatic rings. The number of rotatable bonds is 5. The number of methoxy groups -OCH3 is 1. The summed E-state index contributed by atoms with van der Waals surface area (Å²) in [6.45, 7) is 0.563. The number of halogens is 1. The lowest BCUT2D eigenvalue weighted by Gasteiger charge is -2.11. The minimum Gasteiger partial charge on any atom is -0.504 e. The predicted molar refractivity (Wildman–Crippen MR) is 79.3 cm³/mol. The first-order valence-electron chi connectivity index (χ1n) is 5.80. The first-order valence-corrected chi connectivity index (χ1v) is 6.59. The number of aromatic hydroxyl groups is 1. The van der Waals surface area contributed by atoms with E-state index in [1.165, 1.54) is 7.11 Å². The first kappa shape index (κ1) is 13.7. The largest absolute Gasteiger partial charge is 0.504 e. The molecule has 19 heavy (non-hydrogen) atoms. The fourth-order valence-electron chi connectivity index (χ4n) is 1.65. The number of hydrazine groups is 1. The van der Waals surface area contributed by atoms with Crippen molar-refractivity contribution >= 4 is 21.6 Å². The minimum absolute atomic E-state index is 0.127. The maximum atomic E-state index is 9.74. The van der Waals surface area contributed by atoms with Gasteiger partial charge in [0.05, 0.1) is 7.11 Å². The molecule has 0 aliphatic carbocycles. The third-order valence-electron chi connectivity index (χ3n) is 2.63. The van der Waals surface area contributed by atoms with Crippen molar-refractivity contribution in [2.24, 2.45) is 0 Å². The molecule has 0 amide bonds. The Hall–Kier alpha value is -1.72. The van der Waals surface area contributed by atoms with Crippen molar-refractivity contribution in [2.45, 2.75) is 6.54 Å². The van der Waals surface area contributed by atoms with Gasteiger partial charge >= 0.3 is 0 Å². The summed E-state index contributed by atoms with van der Waals surface area (Å²) in [4.78, 5) is 0. The zero-order valence-electron chi connectivity index (χ0n) is 10.5. The van der Waals surface area contributed by atoms with E-state index in [1.807, 2.05) is 30.3 Å². The highest BCUT2D eigenvalue weighted by atomic mass is 79.9. The van der Waals surface area contributed by atoms with Crippen molar-refractivity contribution < 1.29 is 9.84 Å². The molecule has 2 aromatic rings. The monoisotopic (exact) mass is 322 g/mol. The Balaban J connectivity index is 1.98. The smallest absolute Gasteiger partial charge is 0.161 e. The molecule has 0 saturated carbocycles. The van der Waals surface area contributed by atoms with Crippen LogP contribution in [0.2, 0.25) is 0 Å². The van der Waals surface area contributed by atoms with Crippen LogP contribution in [0.3, 0.4) is 0 Å². The predicted octanol–water partition coefficient (Wildman–Crippen LogP) is 3.28. The summed E-state index contributed by atoms with van der Waals surface area (Å²) >= 11 is 3.45. The number of hydrogen-bond acceptors (Lipinski definition) is 4. The summed E-state index contributed by atoms with van der Waals surface area (Å²) in [5, 5.41) is 9.74. The van der Waals surface area contributed by atoms with Crippen LogP contribution in [-0.4, -0.2) is 12.2 Å². The fourth-order valence-corrected chi connectivity index (χ4v) is 2.11. The third kappa shape index (κ3) is 3.62. The van der Waals surface area contributed by atoms with Gasteiger partial charge in [-0.25, -0.2) is 5.43 Å². The standard InChI is InChI=1S/C14H15BrN2O2/c1-19-14-8-12(15)10(7-13(14)18)9-16-17-11-5-3-2-4-6-11/h2-8,16-18H,9H2,1H3. The Bertz CT molecular complexity index is 547. The number of benzene rings is 2. The van der Waals surface area contributed by atoms with Gasteiger partial charge < -0.3 is 15.3 Å². The van der Waals surface area contributed by atoms with Gasteiger partial charge in [0.25, 0.3) is 0 Å². The normalized spacial score (nSPS) is 10.2. The Morgan fingerprint density at radius 2 is 1.95 bits per heavy atom. The van der Waals surface area contributed by atoms with E-state index in [2.05, 4.69) is 26.8 Å². The van der Waals surface area contributed by atoms with Crippen LogP contribution in [0.25, 0.3) is 0 Å². The molecule has 2 rings (SSSR count). The van der Waals surface area contributed by atoms with Gasteiger partial charge in [-0.2, -0.15) is 0 Å². The van der Waals surface area contributed by atoms with Gasteiger partial charge in [0.2, 0.25) is 0 Å². The summed E-state index contributed by atoms with van der Waals surface area (Å²) in [5.41, 5.74) is 8.09. The number of anilines is 1. The van der Waals surface area contributed by atoms with Crippen LogP contribution in [-0.2, 0) is 6.54 Å². The number of phenolic OH excluding ortho intramolecular Hbond substituents is 1. The van der Waals surface area contributed by atoms with Gasteiger partial charge in [0.15, 0.2) is 11.5 Å². The molecule has 4 nitrogen and oxygen atoms in total. The van der Waals surface area contributed by atoms with Crippen molar-refractivity contribution in [3.8, 4) is 11.5 Å². The summed E-state index contributed by atoms with van der Waals surface area (Å²) in [5.74, 6) is 0.578. The van der Waals surface area contributed by atoms with E-state index >= 15 is 0 Å². The molecule has 0 saturated heterocycles. The van der Waals surface area contributed by atoms with Crippen LogP contribution in [0.15, 0.2) is 46.9 Å². The van der Waals surface area contributed by atoms with Crippen LogP contribution in [0, 0.1) is 0 Å². The second-order valence-corrected chi connectivity index (χ2v) is 4.81. The van der Waals surface area contributed by atoms with E-state index in [0.29, 0.717) is 12.3 Å². The Morgan fingerprint density at radius 3 is 2.63 bits per heavy atom. The van der Waals surface area contributed by atoms with Gasteiger partial charge in [-0.05, 0) is 29.8 Å². The summed E-state index contributed by atoms with van der Waals surface area (Å²) < 4.78 is 5.92. The van der Waals surface area contributed by atoms with Crippen LogP contribution in [0.1, 0.15) is 5.56 Å². The second-order valence-electron chi connectivity index (χ2n) is 3.96. The number of phenols is 1. The first-order chi connectivity index (χ1) is 9.20. The Morgan fingerprint density at radius 1 is 1.21 bits per heavy atom. The molecule has 0 bridgehead atoms. The fraction of sp³-hybridized carbons (Fsp3) is 0.143. The SMILES string of the molecule is COc1cc(Br)c(CNNc2ccccc2)cc1O. The maximum absolute atomic E-state index is 9.74. The van der Waals surface area contributed by atoms with E-state index in [1.54, 1.807) is 12.1 Å². The van der Waals surface area contributed by atoms with E-state index in [9.17, 15) is 5.11 Å². The van der Waals surface area contributed by atoms with Gasteiger partial charge in [0.1, 0.15) is 0 Å². The number of ether oxygens (including phenoxy) is 1. The highest BCUT2D eigenvalue weighted by Crippen LogP contribution is 2.32. The molecule has 0 heterocycles. The lowest BCUT2D eigenvalue weighted by atomic mass is 10.2.